The second kappa shape index (κ2) is 8.37. The van der Waals surface area contributed by atoms with Crippen molar-refractivity contribution in [3.05, 3.63) is 30.1 Å². The highest BCUT2D eigenvalue weighted by Gasteiger charge is 2.23. The van der Waals surface area contributed by atoms with Gasteiger partial charge in [-0.3, -0.25) is 9.78 Å². The molecule has 7 nitrogen and oxygen atoms in total. The number of carbonyl (C=O) groups excluding carboxylic acids is 1. The SMILES string of the molecule is NS(=O)(=O)CCCC(=O)N1CCC(OCc2cccnc2)CC1. The maximum Gasteiger partial charge on any atom is 0.222 e. The fourth-order valence-electron chi connectivity index (χ4n) is 2.55. The van der Waals surface area contributed by atoms with Crippen molar-refractivity contribution in [2.24, 2.45) is 5.14 Å². The van der Waals surface area contributed by atoms with E-state index in [-0.39, 0.29) is 30.6 Å². The van der Waals surface area contributed by atoms with Crippen LogP contribution < -0.4 is 5.14 Å². The molecule has 1 aliphatic heterocycles. The van der Waals surface area contributed by atoms with Gasteiger partial charge < -0.3 is 9.64 Å². The molecule has 0 radical (unpaired) electrons. The van der Waals surface area contributed by atoms with E-state index in [2.05, 4.69) is 4.98 Å². The third-order valence-corrected chi connectivity index (χ3v) is 4.68. The molecule has 2 N–H and O–H groups in total. The van der Waals surface area contributed by atoms with Crippen LogP contribution in [0.4, 0.5) is 0 Å². The number of sulfonamides is 1. The Balaban J connectivity index is 1.66. The standard InChI is InChI=1S/C15H23N3O4S/c16-23(20,21)10-2-4-15(19)18-8-5-14(6-9-18)22-12-13-3-1-7-17-11-13/h1,3,7,11,14H,2,4-6,8-10,12H2,(H2,16,20,21). The number of rotatable bonds is 7. The predicted molar refractivity (Wildman–Crippen MR) is 85.8 cm³/mol. The van der Waals surface area contributed by atoms with Gasteiger partial charge in [-0.25, -0.2) is 13.6 Å². The average molecular weight is 341 g/mol. The van der Waals surface area contributed by atoms with Crippen LogP contribution in [-0.2, 0) is 26.2 Å². The largest absolute Gasteiger partial charge is 0.373 e. The quantitative estimate of drug-likeness (QED) is 0.785. The molecule has 1 fully saturated rings. The number of aromatic nitrogens is 1. The molecule has 8 heteroatoms. The van der Waals surface area contributed by atoms with Gasteiger partial charge in [-0.15, -0.1) is 0 Å². The highest BCUT2D eigenvalue weighted by Crippen LogP contribution is 2.16. The number of hydrogen-bond acceptors (Lipinski definition) is 5. The summed E-state index contributed by atoms with van der Waals surface area (Å²) in [5.74, 6) is -0.164. The first kappa shape index (κ1) is 17.8. The zero-order valence-electron chi connectivity index (χ0n) is 13.1. The molecule has 0 atom stereocenters. The van der Waals surface area contributed by atoms with E-state index in [9.17, 15) is 13.2 Å². The smallest absolute Gasteiger partial charge is 0.222 e. The molecule has 128 valence electrons. The van der Waals surface area contributed by atoms with Crippen LogP contribution in [0.15, 0.2) is 24.5 Å². The lowest BCUT2D eigenvalue weighted by Gasteiger charge is -2.32. The van der Waals surface area contributed by atoms with Crippen molar-refractivity contribution >= 4 is 15.9 Å². The van der Waals surface area contributed by atoms with Gasteiger partial charge in [-0.05, 0) is 30.9 Å². The molecule has 0 aromatic carbocycles. The predicted octanol–water partition coefficient (Wildman–Crippen LogP) is 0.658. The normalized spacial score (nSPS) is 16.5. The van der Waals surface area contributed by atoms with E-state index in [0.717, 1.165) is 18.4 Å². The van der Waals surface area contributed by atoms with Crippen molar-refractivity contribution in [3.63, 3.8) is 0 Å². The minimum Gasteiger partial charge on any atom is -0.373 e. The monoisotopic (exact) mass is 341 g/mol. The zero-order chi connectivity index (χ0) is 16.7. The lowest BCUT2D eigenvalue weighted by Crippen LogP contribution is -2.41. The summed E-state index contributed by atoms with van der Waals surface area (Å²) in [7, 11) is -3.49. The number of primary sulfonamides is 1. The number of hydrogen-bond donors (Lipinski definition) is 1. The van der Waals surface area contributed by atoms with E-state index in [4.69, 9.17) is 9.88 Å². The summed E-state index contributed by atoms with van der Waals surface area (Å²) in [6.45, 7) is 1.82. The van der Waals surface area contributed by atoms with Crippen molar-refractivity contribution < 1.29 is 17.9 Å². The van der Waals surface area contributed by atoms with Gasteiger partial charge in [0.15, 0.2) is 0 Å². The summed E-state index contributed by atoms with van der Waals surface area (Å²) in [4.78, 5) is 17.8. The number of nitrogens with zero attached hydrogens (tertiary/aromatic N) is 2. The van der Waals surface area contributed by atoms with Gasteiger partial charge in [0.05, 0.1) is 18.5 Å². The van der Waals surface area contributed by atoms with E-state index in [0.29, 0.717) is 19.7 Å². The number of pyridine rings is 1. The minimum atomic E-state index is -3.49. The lowest BCUT2D eigenvalue weighted by molar-refractivity contribution is -0.134. The first-order chi connectivity index (χ1) is 10.9. The molecule has 1 amide bonds. The van der Waals surface area contributed by atoms with Crippen molar-refractivity contribution in [1.29, 1.82) is 0 Å². The van der Waals surface area contributed by atoms with Gasteiger partial charge in [0.2, 0.25) is 15.9 Å². The van der Waals surface area contributed by atoms with Crippen LogP contribution in [0.3, 0.4) is 0 Å². The molecule has 0 bridgehead atoms. The van der Waals surface area contributed by atoms with Gasteiger partial charge >= 0.3 is 0 Å². The van der Waals surface area contributed by atoms with E-state index in [1.807, 2.05) is 12.1 Å². The van der Waals surface area contributed by atoms with E-state index >= 15 is 0 Å². The van der Waals surface area contributed by atoms with Gasteiger partial charge in [0.1, 0.15) is 0 Å². The van der Waals surface area contributed by atoms with Gasteiger partial charge in [0, 0.05) is 31.9 Å². The molecule has 1 aromatic rings. The zero-order valence-corrected chi connectivity index (χ0v) is 13.9. The molecular weight excluding hydrogens is 318 g/mol. The Hall–Kier alpha value is -1.51. The fraction of sp³-hybridized carbons (Fsp3) is 0.600. The Morgan fingerprint density at radius 3 is 2.74 bits per heavy atom. The minimum absolute atomic E-state index is 0.0145. The van der Waals surface area contributed by atoms with Crippen LogP contribution in [0.25, 0.3) is 0 Å². The van der Waals surface area contributed by atoms with Crippen molar-refractivity contribution in [2.45, 2.75) is 38.4 Å². The molecule has 1 saturated heterocycles. The third-order valence-electron chi connectivity index (χ3n) is 3.82. The second-order valence-corrected chi connectivity index (χ2v) is 7.46. The Bertz CT molecular complexity index is 598. The maximum absolute atomic E-state index is 12.0. The Morgan fingerprint density at radius 1 is 1.39 bits per heavy atom. The van der Waals surface area contributed by atoms with Crippen LogP contribution in [0.1, 0.15) is 31.2 Å². The van der Waals surface area contributed by atoms with E-state index in [1.165, 1.54) is 0 Å². The molecule has 0 unspecified atom stereocenters. The molecule has 2 heterocycles. The summed E-state index contributed by atoms with van der Waals surface area (Å²) in [5.41, 5.74) is 1.04. The van der Waals surface area contributed by atoms with Gasteiger partial charge in [-0.2, -0.15) is 0 Å². The summed E-state index contributed by atoms with van der Waals surface area (Å²) in [6.07, 6.45) is 5.73. The van der Waals surface area contributed by atoms with Gasteiger partial charge in [0.25, 0.3) is 0 Å². The summed E-state index contributed by atoms with van der Waals surface area (Å²) in [5, 5.41) is 4.93. The molecule has 0 spiro atoms. The van der Waals surface area contributed by atoms with Crippen LogP contribution in [0.5, 0.6) is 0 Å². The third kappa shape index (κ3) is 6.64. The number of likely N-dealkylation sites (tertiary alicyclic amines) is 1. The van der Waals surface area contributed by atoms with Crippen LogP contribution in [0, 0.1) is 0 Å². The second-order valence-electron chi connectivity index (χ2n) is 5.72. The van der Waals surface area contributed by atoms with Crippen LogP contribution >= 0.6 is 0 Å². The molecule has 0 saturated carbocycles. The van der Waals surface area contributed by atoms with E-state index in [1.54, 1.807) is 17.3 Å². The number of piperidine rings is 1. The molecule has 0 aliphatic carbocycles. The highest BCUT2D eigenvalue weighted by molar-refractivity contribution is 7.89. The molecule has 2 rings (SSSR count). The lowest BCUT2D eigenvalue weighted by atomic mass is 10.1. The number of amides is 1. The molecule has 1 aromatic heterocycles. The Kier molecular flexibility index (Phi) is 6.49. The maximum atomic E-state index is 12.0. The fourth-order valence-corrected chi connectivity index (χ4v) is 3.10. The van der Waals surface area contributed by atoms with Crippen LogP contribution in [0.2, 0.25) is 0 Å². The van der Waals surface area contributed by atoms with Crippen molar-refractivity contribution in [3.8, 4) is 0 Å². The average Bonchev–Trinajstić information content (AvgIpc) is 2.53. The Morgan fingerprint density at radius 2 is 2.13 bits per heavy atom. The van der Waals surface area contributed by atoms with Crippen molar-refractivity contribution in [1.82, 2.24) is 9.88 Å². The number of carbonyl (C=O) groups is 1. The summed E-state index contributed by atoms with van der Waals surface area (Å²) in [6, 6.07) is 3.85. The van der Waals surface area contributed by atoms with Crippen LogP contribution in [-0.4, -0.2) is 49.2 Å². The van der Waals surface area contributed by atoms with Gasteiger partial charge in [-0.1, -0.05) is 6.07 Å². The molecule has 23 heavy (non-hydrogen) atoms. The number of ether oxygens (including phenoxy) is 1. The van der Waals surface area contributed by atoms with E-state index < -0.39 is 10.0 Å². The molecular formula is C15H23N3O4S. The summed E-state index contributed by atoms with van der Waals surface area (Å²) >= 11 is 0. The first-order valence-corrected chi connectivity index (χ1v) is 9.44. The topological polar surface area (TPSA) is 103 Å². The Labute approximate surface area is 136 Å². The first-order valence-electron chi connectivity index (χ1n) is 7.73. The highest BCUT2D eigenvalue weighted by atomic mass is 32.2. The molecule has 1 aliphatic rings. The summed E-state index contributed by atoms with van der Waals surface area (Å²) < 4.78 is 27.6. The number of nitrogens with two attached hydrogens (primary N) is 1. The van der Waals surface area contributed by atoms with Crippen molar-refractivity contribution in [2.75, 3.05) is 18.8 Å².